The Morgan fingerprint density at radius 1 is 1.07 bits per heavy atom. The molecule has 1 radical (unpaired) electrons. The van der Waals surface area contributed by atoms with Crippen molar-refractivity contribution < 1.29 is 0 Å². The Bertz CT molecular complexity index is 333. The van der Waals surface area contributed by atoms with Crippen LogP contribution in [-0.4, -0.2) is 26.2 Å². The monoisotopic (exact) mass is 243 g/mol. The molecule has 1 fully saturated rings. The lowest BCUT2D eigenvalue weighted by Crippen LogP contribution is -2.26. The highest BCUT2D eigenvalue weighted by molar-refractivity contribution is 6.42. The molecule has 1 aliphatic heterocycles. The Morgan fingerprint density at radius 3 is 2.73 bits per heavy atom. The van der Waals surface area contributed by atoms with Gasteiger partial charge in [0.2, 0.25) is 0 Å². The van der Waals surface area contributed by atoms with Crippen molar-refractivity contribution in [1.82, 2.24) is 5.32 Å². The lowest BCUT2D eigenvalue weighted by molar-refractivity contribution is 0.709. The predicted molar refractivity (Wildman–Crippen MR) is 65.2 cm³/mol. The van der Waals surface area contributed by atoms with Gasteiger partial charge in [0.25, 0.3) is 0 Å². The Labute approximate surface area is 100 Å². The second-order valence-corrected chi connectivity index (χ2v) is 4.42. The van der Waals surface area contributed by atoms with Gasteiger partial charge in [0.1, 0.15) is 0 Å². The third kappa shape index (κ3) is 2.77. The largest absolute Gasteiger partial charge is 0.370 e. The van der Waals surface area contributed by atoms with Gasteiger partial charge in [-0.3, -0.25) is 0 Å². The standard InChI is InChI=1S/C11H13Cl2N2/c12-10-3-2-9(8-11(10)13)15-6-1-4-14-5-7-15/h2-3,8H,1,4-7H2. The molecule has 0 unspecified atom stereocenters. The summed E-state index contributed by atoms with van der Waals surface area (Å²) in [6.07, 6.45) is 1.11. The molecule has 0 N–H and O–H groups in total. The lowest BCUT2D eigenvalue weighted by Gasteiger charge is -2.22. The Morgan fingerprint density at radius 2 is 1.93 bits per heavy atom. The molecule has 0 bridgehead atoms. The number of hydrogen-bond donors (Lipinski definition) is 0. The van der Waals surface area contributed by atoms with Gasteiger partial charge >= 0.3 is 0 Å². The first-order valence-electron chi connectivity index (χ1n) is 5.10. The van der Waals surface area contributed by atoms with Gasteiger partial charge in [0.05, 0.1) is 10.0 Å². The molecule has 4 heteroatoms. The number of benzene rings is 1. The van der Waals surface area contributed by atoms with E-state index in [0.29, 0.717) is 10.0 Å². The maximum atomic E-state index is 5.99. The summed E-state index contributed by atoms with van der Waals surface area (Å²) >= 11 is 11.9. The van der Waals surface area contributed by atoms with E-state index in [1.54, 1.807) is 0 Å². The first kappa shape index (κ1) is 11.1. The number of halogens is 2. The Balaban J connectivity index is 2.16. The van der Waals surface area contributed by atoms with E-state index in [1.165, 1.54) is 0 Å². The van der Waals surface area contributed by atoms with Gasteiger partial charge in [-0.2, -0.15) is 0 Å². The molecule has 1 aromatic rings. The van der Waals surface area contributed by atoms with Crippen LogP contribution >= 0.6 is 23.2 Å². The summed E-state index contributed by atoms with van der Waals surface area (Å²) in [5.41, 5.74) is 1.14. The van der Waals surface area contributed by atoms with E-state index < -0.39 is 0 Å². The van der Waals surface area contributed by atoms with E-state index in [9.17, 15) is 0 Å². The molecule has 0 aliphatic carbocycles. The smallest absolute Gasteiger partial charge is 0.0612 e. The van der Waals surface area contributed by atoms with Crippen LogP contribution < -0.4 is 10.2 Å². The fourth-order valence-corrected chi connectivity index (χ4v) is 2.02. The summed E-state index contributed by atoms with van der Waals surface area (Å²) in [6.45, 7) is 3.89. The topological polar surface area (TPSA) is 17.3 Å². The van der Waals surface area contributed by atoms with E-state index in [2.05, 4.69) is 10.2 Å². The third-order valence-corrected chi connectivity index (χ3v) is 3.28. The van der Waals surface area contributed by atoms with Crippen LogP contribution in [0.3, 0.4) is 0 Å². The molecule has 81 valence electrons. The highest BCUT2D eigenvalue weighted by Gasteiger charge is 2.10. The Kier molecular flexibility index (Phi) is 3.73. The minimum atomic E-state index is 0.611. The SMILES string of the molecule is Clc1ccc(N2CCC[N]CC2)cc1Cl. The zero-order valence-electron chi connectivity index (χ0n) is 8.42. The van der Waals surface area contributed by atoms with Crippen LogP contribution in [0.5, 0.6) is 0 Å². The van der Waals surface area contributed by atoms with Crippen molar-refractivity contribution in [3.05, 3.63) is 28.2 Å². The average Bonchev–Trinajstić information content (AvgIpc) is 2.50. The fraction of sp³-hybridized carbons (Fsp3) is 0.455. The average molecular weight is 244 g/mol. The van der Waals surface area contributed by atoms with E-state index in [4.69, 9.17) is 23.2 Å². The molecule has 0 saturated carbocycles. The summed E-state index contributed by atoms with van der Waals surface area (Å²) in [7, 11) is 0. The van der Waals surface area contributed by atoms with Gasteiger partial charge in [0, 0.05) is 31.9 Å². The van der Waals surface area contributed by atoms with Gasteiger partial charge in [-0.25, -0.2) is 5.32 Å². The van der Waals surface area contributed by atoms with Crippen molar-refractivity contribution >= 4 is 28.9 Å². The summed E-state index contributed by atoms with van der Waals surface area (Å²) in [5.74, 6) is 0. The second-order valence-electron chi connectivity index (χ2n) is 3.61. The van der Waals surface area contributed by atoms with E-state index in [1.807, 2.05) is 18.2 Å². The molecule has 1 saturated heterocycles. The minimum absolute atomic E-state index is 0.611. The lowest BCUT2D eigenvalue weighted by atomic mass is 10.2. The first-order valence-corrected chi connectivity index (χ1v) is 5.86. The van der Waals surface area contributed by atoms with Gasteiger partial charge < -0.3 is 4.90 Å². The fourth-order valence-electron chi connectivity index (χ4n) is 1.73. The van der Waals surface area contributed by atoms with Crippen molar-refractivity contribution in [2.24, 2.45) is 0 Å². The zero-order valence-corrected chi connectivity index (χ0v) is 9.93. The molecule has 2 nitrogen and oxygen atoms in total. The quantitative estimate of drug-likeness (QED) is 0.742. The molecule has 0 spiro atoms. The maximum absolute atomic E-state index is 5.99. The molecule has 0 aromatic heterocycles. The molecular weight excluding hydrogens is 231 g/mol. The van der Waals surface area contributed by atoms with Crippen molar-refractivity contribution in [3.8, 4) is 0 Å². The normalized spacial score (nSPS) is 17.6. The minimum Gasteiger partial charge on any atom is -0.370 e. The first-order chi connectivity index (χ1) is 7.27. The summed E-state index contributed by atoms with van der Waals surface area (Å²) < 4.78 is 0. The molecule has 1 aliphatic rings. The molecule has 0 amide bonds. The van der Waals surface area contributed by atoms with Crippen LogP contribution in [0.15, 0.2) is 18.2 Å². The molecular formula is C11H13Cl2N2. The molecule has 1 heterocycles. The summed E-state index contributed by atoms with van der Waals surface area (Å²) in [5, 5.41) is 5.62. The van der Waals surface area contributed by atoms with Crippen molar-refractivity contribution in [3.63, 3.8) is 0 Å². The molecule has 1 aromatic carbocycles. The van der Waals surface area contributed by atoms with Gasteiger partial charge in [-0.15, -0.1) is 0 Å². The van der Waals surface area contributed by atoms with Crippen molar-refractivity contribution in [2.45, 2.75) is 6.42 Å². The zero-order chi connectivity index (χ0) is 10.7. The van der Waals surface area contributed by atoms with E-state index in [0.717, 1.165) is 38.3 Å². The van der Waals surface area contributed by atoms with Crippen LogP contribution in [0.4, 0.5) is 5.69 Å². The van der Waals surface area contributed by atoms with Gasteiger partial charge in [0.15, 0.2) is 0 Å². The van der Waals surface area contributed by atoms with Crippen LogP contribution in [0, 0.1) is 0 Å². The maximum Gasteiger partial charge on any atom is 0.0612 e. The predicted octanol–water partition coefficient (Wildman–Crippen LogP) is 2.81. The summed E-state index contributed by atoms with van der Waals surface area (Å²) in [6, 6.07) is 5.79. The van der Waals surface area contributed by atoms with Crippen molar-refractivity contribution in [2.75, 3.05) is 31.1 Å². The number of rotatable bonds is 1. The van der Waals surface area contributed by atoms with Gasteiger partial charge in [-0.05, 0) is 24.6 Å². The van der Waals surface area contributed by atoms with Crippen LogP contribution in [-0.2, 0) is 0 Å². The molecule has 0 atom stereocenters. The number of nitrogens with zero attached hydrogens (tertiary/aromatic N) is 2. The van der Waals surface area contributed by atoms with Crippen LogP contribution in [0.2, 0.25) is 10.0 Å². The highest BCUT2D eigenvalue weighted by Crippen LogP contribution is 2.27. The second kappa shape index (κ2) is 5.06. The Hall–Kier alpha value is -0.440. The third-order valence-electron chi connectivity index (χ3n) is 2.54. The number of hydrogen-bond acceptors (Lipinski definition) is 1. The van der Waals surface area contributed by atoms with Crippen LogP contribution in [0.25, 0.3) is 0 Å². The van der Waals surface area contributed by atoms with Crippen molar-refractivity contribution in [1.29, 1.82) is 0 Å². The van der Waals surface area contributed by atoms with Gasteiger partial charge in [-0.1, -0.05) is 23.2 Å². The molecule has 15 heavy (non-hydrogen) atoms. The van der Waals surface area contributed by atoms with E-state index in [-0.39, 0.29) is 0 Å². The highest BCUT2D eigenvalue weighted by atomic mass is 35.5. The number of anilines is 1. The van der Waals surface area contributed by atoms with E-state index >= 15 is 0 Å². The molecule has 2 rings (SSSR count). The van der Waals surface area contributed by atoms with Crippen LogP contribution in [0.1, 0.15) is 6.42 Å². The summed E-state index contributed by atoms with van der Waals surface area (Å²) in [4.78, 5) is 2.30.